The molecule has 0 radical (unpaired) electrons. The van der Waals surface area contributed by atoms with Crippen LogP contribution in [0.5, 0.6) is 0 Å². The smallest absolute Gasteiger partial charge is 0.0426 e. The molecule has 0 amide bonds. The van der Waals surface area contributed by atoms with Crippen LogP contribution in [0.1, 0.15) is 56.1 Å². The third-order valence-electron chi connectivity index (χ3n) is 5.61. The molecule has 0 aromatic heterocycles. The summed E-state index contributed by atoms with van der Waals surface area (Å²) in [6.07, 6.45) is 13.0. The Morgan fingerprint density at radius 1 is 1.00 bits per heavy atom. The molecule has 0 aliphatic heterocycles. The Labute approximate surface area is 144 Å². The molecule has 1 unspecified atom stereocenters. The van der Waals surface area contributed by atoms with Gasteiger partial charge in [0.1, 0.15) is 0 Å². The molecule has 1 nitrogen and oxygen atoms in total. The molecule has 1 heteroatoms. The molecule has 24 heavy (non-hydrogen) atoms. The Balaban J connectivity index is 1.86. The molecule has 4 rings (SSSR count). The van der Waals surface area contributed by atoms with Crippen molar-refractivity contribution in [3.8, 4) is 0 Å². The van der Waals surface area contributed by atoms with Gasteiger partial charge >= 0.3 is 0 Å². The van der Waals surface area contributed by atoms with Crippen LogP contribution in [0.3, 0.4) is 0 Å². The SMILES string of the molecule is CC1=CC(c2ccc3ccccc3c2C(=N)C2CCCCC2)C=C1. The molecule has 2 aromatic carbocycles. The molecule has 0 spiro atoms. The Hall–Kier alpha value is -2.15. The van der Waals surface area contributed by atoms with E-state index in [1.165, 1.54) is 59.6 Å². The normalized spacial score (nSPS) is 21.2. The zero-order chi connectivity index (χ0) is 16.5. The molecule has 0 saturated heterocycles. The van der Waals surface area contributed by atoms with Gasteiger partial charge in [-0.2, -0.15) is 0 Å². The van der Waals surface area contributed by atoms with Crippen molar-refractivity contribution in [2.45, 2.75) is 44.9 Å². The molecule has 1 atom stereocenters. The van der Waals surface area contributed by atoms with E-state index in [9.17, 15) is 0 Å². The van der Waals surface area contributed by atoms with Crippen LogP contribution >= 0.6 is 0 Å². The molecule has 122 valence electrons. The summed E-state index contributed by atoms with van der Waals surface area (Å²) >= 11 is 0. The third-order valence-corrected chi connectivity index (χ3v) is 5.61. The van der Waals surface area contributed by atoms with E-state index in [0.717, 1.165) is 5.71 Å². The lowest BCUT2D eigenvalue weighted by molar-refractivity contribution is 0.438. The van der Waals surface area contributed by atoms with Crippen LogP contribution in [0.2, 0.25) is 0 Å². The minimum Gasteiger partial charge on any atom is -0.304 e. The number of rotatable bonds is 3. The summed E-state index contributed by atoms with van der Waals surface area (Å²) in [5.74, 6) is 0.743. The maximum Gasteiger partial charge on any atom is 0.0426 e. The summed E-state index contributed by atoms with van der Waals surface area (Å²) in [5.41, 5.74) is 4.69. The fraction of sp³-hybridized carbons (Fsp3) is 0.348. The van der Waals surface area contributed by atoms with Crippen molar-refractivity contribution in [2.75, 3.05) is 0 Å². The lowest BCUT2D eigenvalue weighted by Gasteiger charge is -2.26. The van der Waals surface area contributed by atoms with E-state index in [-0.39, 0.29) is 0 Å². The van der Waals surface area contributed by atoms with Gasteiger partial charge in [-0.25, -0.2) is 0 Å². The highest BCUT2D eigenvalue weighted by molar-refractivity contribution is 6.12. The lowest BCUT2D eigenvalue weighted by Crippen LogP contribution is -2.20. The molecular weight excluding hydrogens is 290 g/mol. The maximum absolute atomic E-state index is 9.02. The van der Waals surface area contributed by atoms with Gasteiger partial charge in [-0.1, -0.05) is 79.5 Å². The van der Waals surface area contributed by atoms with Crippen molar-refractivity contribution < 1.29 is 0 Å². The molecule has 0 heterocycles. The van der Waals surface area contributed by atoms with Gasteiger partial charge < -0.3 is 5.41 Å². The van der Waals surface area contributed by atoms with E-state index in [0.29, 0.717) is 11.8 Å². The van der Waals surface area contributed by atoms with Gasteiger partial charge in [0.05, 0.1) is 0 Å². The average Bonchev–Trinajstić information content (AvgIpc) is 3.07. The Morgan fingerprint density at radius 3 is 2.54 bits per heavy atom. The maximum atomic E-state index is 9.02. The molecule has 0 bridgehead atoms. The minimum absolute atomic E-state index is 0.313. The monoisotopic (exact) mass is 315 g/mol. The molecule has 2 aliphatic carbocycles. The third kappa shape index (κ3) is 2.73. The predicted octanol–water partition coefficient (Wildman–Crippen LogP) is 6.39. The van der Waals surface area contributed by atoms with Crippen LogP contribution in [0.25, 0.3) is 10.8 Å². The zero-order valence-corrected chi connectivity index (χ0v) is 14.4. The lowest BCUT2D eigenvalue weighted by atomic mass is 9.79. The highest BCUT2D eigenvalue weighted by Gasteiger charge is 2.25. The molecule has 2 aromatic rings. The van der Waals surface area contributed by atoms with E-state index in [1.54, 1.807) is 0 Å². The number of allylic oxidation sites excluding steroid dienone is 4. The largest absolute Gasteiger partial charge is 0.304 e. The van der Waals surface area contributed by atoms with Crippen LogP contribution in [-0.4, -0.2) is 5.71 Å². The van der Waals surface area contributed by atoms with E-state index < -0.39 is 0 Å². The highest BCUT2D eigenvalue weighted by atomic mass is 14.5. The van der Waals surface area contributed by atoms with Gasteiger partial charge in [-0.3, -0.25) is 0 Å². The van der Waals surface area contributed by atoms with Crippen molar-refractivity contribution in [1.82, 2.24) is 0 Å². The van der Waals surface area contributed by atoms with Crippen LogP contribution in [-0.2, 0) is 0 Å². The van der Waals surface area contributed by atoms with Crippen LogP contribution in [0.4, 0.5) is 0 Å². The first-order chi connectivity index (χ1) is 11.7. The Morgan fingerprint density at radius 2 is 1.79 bits per heavy atom. The molecule has 1 saturated carbocycles. The minimum atomic E-state index is 0.313. The van der Waals surface area contributed by atoms with Crippen LogP contribution < -0.4 is 0 Å². The summed E-state index contributed by atoms with van der Waals surface area (Å²) in [4.78, 5) is 0. The number of nitrogens with one attached hydrogen (secondary N) is 1. The number of benzene rings is 2. The van der Waals surface area contributed by atoms with Crippen LogP contribution in [0.15, 0.2) is 60.2 Å². The highest BCUT2D eigenvalue weighted by Crippen LogP contribution is 2.36. The number of fused-ring (bicyclic) bond motifs is 1. The summed E-state index contributed by atoms with van der Waals surface area (Å²) in [6.45, 7) is 2.16. The number of hydrogen-bond acceptors (Lipinski definition) is 1. The second-order valence-corrected chi connectivity index (χ2v) is 7.30. The molecule has 1 N–H and O–H groups in total. The first-order valence-corrected chi connectivity index (χ1v) is 9.21. The van der Waals surface area contributed by atoms with Gasteiger partial charge in [0.15, 0.2) is 0 Å². The van der Waals surface area contributed by atoms with Gasteiger partial charge in [0.25, 0.3) is 0 Å². The second kappa shape index (κ2) is 6.39. The summed E-state index contributed by atoms with van der Waals surface area (Å²) in [6, 6.07) is 13.0. The predicted molar refractivity (Wildman–Crippen MR) is 103 cm³/mol. The molecule has 2 aliphatic rings. The van der Waals surface area contributed by atoms with E-state index >= 15 is 0 Å². The van der Waals surface area contributed by atoms with Crippen molar-refractivity contribution in [2.24, 2.45) is 5.92 Å². The Kier molecular flexibility index (Phi) is 4.10. The van der Waals surface area contributed by atoms with Crippen molar-refractivity contribution in [3.63, 3.8) is 0 Å². The fourth-order valence-corrected chi connectivity index (χ4v) is 4.31. The summed E-state index contributed by atoms with van der Waals surface area (Å²) in [7, 11) is 0. The Bertz CT molecular complexity index is 834. The van der Waals surface area contributed by atoms with E-state index in [1.807, 2.05) is 0 Å². The fourth-order valence-electron chi connectivity index (χ4n) is 4.31. The second-order valence-electron chi connectivity index (χ2n) is 7.30. The summed E-state index contributed by atoms with van der Waals surface area (Å²) < 4.78 is 0. The van der Waals surface area contributed by atoms with Gasteiger partial charge in [0.2, 0.25) is 0 Å². The van der Waals surface area contributed by atoms with Crippen molar-refractivity contribution >= 4 is 16.5 Å². The first kappa shape index (κ1) is 15.4. The van der Waals surface area contributed by atoms with Crippen molar-refractivity contribution in [1.29, 1.82) is 5.41 Å². The van der Waals surface area contributed by atoms with Crippen LogP contribution in [0, 0.1) is 11.3 Å². The van der Waals surface area contributed by atoms with E-state index in [4.69, 9.17) is 5.41 Å². The first-order valence-electron chi connectivity index (χ1n) is 9.21. The average molecular weight is 315 g/mol. The molecule has 1 fully saturated rings. The van der Waals surface area contributed by atoms with Gasteiger partial charge in [0, 0.05) is 23.1 Å². The standard InChI is InChI=1S/C23H25N/c1-16-11-12-19(15-16)21-14-13-17-7-5-6-10-20(17)22(21)23(24)18-8-3-2-4-9-18/h5-7,10-15,18-19,24H,2-4,8-9H2,1H3. The van der Waals surface area contributed by atoms with E-state index in [2.05, 4.69) is 61.5 Å². The molecular formula is C23H25N. The van der Waals surface area contributed by atoms with Gasteiger partial charge in [-0.05, 0) is 36.1 Å². The van der Waals surface area contributed by atoms with Gasteiger partial charge in [-0.15, -0.1) is 0 Å². The topological polar surface area (TPSA) is 23.9 Å². The quantitative estimate of drug-likeness (QED) is 0.635. The number of hydrogen-bond donors (Lipinski definition) is 1. The zero-order valence-electron chi connectivity index (χ0n) is 14.4. The summed E-state index contributed by atoms with van der Waals surface area (Å²) in [5, 5.41) is 11.5. The van der Waals surface area contributed by atoms with Crippen molar-refractivity contribution in [3.05, 3.63) is 71.3 Å².